The first-order chi connectivity index (χ1) is 9.67. The molecule has 0 spiro atoms. The van der Waals surface area contributed by atoms with Gasteiger partial charge >= 0.3 is 0 Å². The molecular weight excluding hydrogens is 308 g/mol. The van der Waals surface area contributed by atoms with Gasteiger partial charge in [0, 0.05) is 24.7 Å². The second kappa shape index (κ2) is 5.88. The summed E-state index contributed by atoms with van der Waals surface area (Å²) < 4.78 is 27.5. The standard InChI is InChI=1S/C15H23ClN2O2S/c1-11-12(9-17)7-13(16)8-14(11)21(19,20)18-6-4-5-15(2,3)10-18/h7-8H,4-6,9-10,17H2,1-3H3. The fourth-order valence-corrected chi connectivity index (χ4v) is 5.17. The molecule has 1 aromatic carbocycles. The summed E-state index contributed by atoms with van der Waals surface area (Å²) in [6.45, 7) is 7.38. The molecule has 6 heteroatoms. The molecule has 0 unspecified atom stereocenters. The molecule has 0 radical (unpaired) electrons. The van der Waals surface area contributed by atoms with E-state index in [2.05, 4.69) is 13.8 Å². The van der Waals surface area contributed by atoms with Gasteiger partial charge in [-0.1, -0.05) is 25.4 Å². The number of sulfonamides is 1. The largest absolute Gasteiger partial charge is 0.326 e. The first-order valence-corrected chi connectivity index (χ1v) is 8.98. The molecule has 1 heterocycles. The Balaban J connectivity index is 2.47. The number of nitrogens with two attached hydrogens (primary N) is 1. The Hall–Kier alpha value is -0.620. The van der Waals surface area contributed by atoms with Gasteiger partial charge in [0.25, 0.3) is 0 Å². The summed E-state index contributed by atoms with van der Waals surface area (Å²) in [5.41, 5.74) is 7.17. The van der Waals surface area contributed by atoms with E-state index in [-0.39, 0.29) is 16.9 Å². The summed E-state index contributed by atoms with van der Waals surface area (Å²) in [6, 6.07) is 3.27. The lowest BCUT2D eigenvalue weighted by Crippen LogP contribution is -2.43. The molecule has 118 valence electrons. The molecule has 0 bridgehead atoms. The molecule has 0 atom stereocenters. The number of nitrogens with zero attached hydrogens (tertiary/aromatic N) is 1. The second-order valence-electron chi connectivity index (χ2n) is 6.50. The molecule has 1 aliphatic rings. The van der Waals surface area contributed by atoms with E-state index in [1.54, 1.807) is 17.3 Å². The van der Waals surface area contributed by atoms with Gasteiger partial charge in [-0.05, 0) is 48.4 Å². The van der Waals surface area contributed by atoms with Gasteiger partial charge in [-0.15, -0.1) is 0 Å². The molecule has 1 aliphatic heterocycles. The molecule has 0 amide bonds. The summed E-state index contributed by atoms with van der Waals surface area (Å²) in [5, 5.41) is 0.413. The Kier molecular flexibility index (Phi) is 4.69. The van der Waals surface area contributed by atoms with Gasteiger partial charge in [0.05, 0.1) is 4.90 Å². The SMILES string of the molecule is Cc1c(CN)cc(Cl)cc1S(=O)(=O)N1CCCC(C)(C)C1. The van der Waals surface area contributed by atoms with E-state index in [1.807, 2.05) is 0 Å². The summed E-state index contributed by atoms with van der Waals surface area (Å²) in [5.74, 6) is 0. The summed E-state index contributed by atoms with van der Waals surface area (Å²) in [4.78, 5) is 0.285. The van der Waals surface area contributed by atoms with Crippen molar-refractivity contribution < 1.29 is 8.42 Å². The van der Waals surface area contributed by atoms with Crippen molar-refractivity contribution in [1.29, 1.82) is 0 Å². The number of hydrogen-bond donors (Lipinski definition) is 1. The molecule has 1 saturated heterocycles. The Morgan fingerprint density at radius 3 is 2.62 bits per heavy atom. The van der Waals surface area contributed by atoms with Crippen LogP contribution >= 0.6 is 11.6 Å². The van der Waals surface area contributed by atoms with Crippen LogP contribution in [0.4, 0.5) is 0 Å². The van der Waals surface area contributed by atoms with Crippen molar-refractivity contribution in [3.63, 3.8) is 0 Å². The van der Waals surface area contributed by atoms with Gasteiger partial charge in [0.15, 0.2) is 0 Å². The van der Waals surface area contributed by atoms with Gasteiger partial charge in [-0.2, -0.15) is 4.31 Å². The van der Waals surface area contributed by atoms with Crippen molar-refractivity contribution in [2.45, 2.75) is 45.1 Å². The zero-order valence-corrected chi connectivity index (χ0v) is 14.4. The molecule has 2 N–H and O–H groups in total. The zero-order valence-electron chi connectivity index (χ0n) is 12.8. The maximum absolute atomic E-state index is 12.9. The zero-order chi connectivity index (χ0) is 15.8. The van der Waals surface area contributed by atoms with Crippen LogP contribution in [-0.4, -0.2) is 25.8 Å². The summed E-state index contributed by atoms with van der Waals surface area (Å²) in [6.07, 6.45) is 1.93. The summed E-state index contributed by atoms with van der Waals surface area (Å²) in [7, 11) is -3.53. The Morgan fingerprint density at radius 1 is 1.38 bits per heavy atom. The minimum Gasteiger partial charge on any atom is -0.326 e. The van der Waals surface area contributed by atoms with Crippen LogP contribution in [0.25, 0.3) is 0 Å². The molecule has 0 aromatic heterocycles. The van der Waals surface area contributed by atoms with Crippen LogP contribution in [0.1, 0.15) is 37.8 Å². The number of halogens is 1. The van der Waals surface area contributed by atoms with E-state index >= 15 is 0 Å². The van der Waals surface area contributed by atoms with E-state index in [0.717, 1.165) is 18.4 Å². The predicted molar refractivity (Wildman–Crippen MR) is 85.9 cm³/mol. The highest BCUT2D eigenvalue weighted by Crippen LogP contribution is 2.34. The highest BCUT2D eigenvalue weighted by molar-refractivity contribution is 7.89. The van der Waals surface area contributed by atoms with Gasteiger partial charge in [-0.25, -0.2) is 8.42 Å². The minimum atomic E-state index is -3.53. The highest BCUT2D eigenvalue weighted by atomic mass is 35.5. The quantitative estimate of drug-likeness (QED) is 0.926. The minimum absolute atomic E-state index is 0.00843. The van der Waals surface area contributed by atoms with Crippen molar-refractivity contribution >= 4 is 21.6 Å². The lowest BCUT2D eigenvalue weighted by atomic mass is 9.85. The van der Waals surface area contributed by atoms with Crippen LogP contribution in [-0.2, 0) is 16.6 Å². The molecule has 2 rings (SSSR count). The van der Waals surface area contributed by atoms with Gasteiger partial charge in [-0.3, -0.25) is 0 Å². The number of hydrogen-bond acceptors (Lipinski definition) is 3. The van der Waals surface area contributed by atoms with E-state index < -0.39 is 10.0 Å². The summed E-state index contributed by atoms with van der Waals surface area (Å²) >= 11 is 6.06. The van der Waals surface area contributed by atoms with E-state index in [9.17, 15) is 8.42 Å². The van der Waals surface area contributed by atoms with E-state index in [0.29, 0.717) is 23.7 Å². The van der Waals surface area contributed by atoms with Crippen LogP contribution in [0.15, 0.2) is 17.0 Å². The molecule has 1 fully saturated rings. The van der Waals surface area contributed by atoms with Crippen LogP contribution < -0.4 is 5.73 Å². The smallest absolute Gasteiger partial charge is 0.243 e. The number of rotatable bonds is 3. The third-order valence-electron chi connectivity index (χ3n) is 4.14. The van der Waals surface area contributed by atoms with Crippen molar-refractivity contribution in [3.05, 3.63) is 28.3 Å². The molecule has 4 nitrogen and oxygen atoms in total. The van der Waals surface area contributed by atoms with Gasteiger partial charge in [0.2, 0.25) is 10.0 Å². The molecule has 1 aromatic rings. The van der Waals surface area contributed by atoms with Crippen LogP contribution in [0, 0.1) is 12.3 Å². The van der Waals surface area contributed by atoms with Crippen molar-refractivity contribution in [2.24, 2.45) is 11.1 Å². The highest BCUT2D eigenvalue weighted by Gasteiger charge is 2.35. The average molecular weight is 331 g/mol. The first kappa shape index (κ1) is 16.7. The van der Waals surface area contributed by atoms with E-state index in [1.165, 1.54) is 6.07 Å². The fraction of sp³-hybridized carbons (Fsp3) is 0.600. The predicted octanol–water partition coefficient (Wildman–Crippen LogP) is 2.92. The third-order valence-corrected chi connectivity index (χ3v) is 6.33. The molecule has 21 heavy (non-hydrogen) atoms. The molecule has 0 aliphatic carbocycles. The lowest BCUT2D eigenvalue weighted by Gasteiger charge is -2.37. The van der Waals surface area contributed by atoms with Crippen LogP contribution in [0.3, 0.4) is 0 Å². The first-order valence-electron chi connectivity index (χ1n) is 7.17. The van der Waals surface area contributed by atoms with Crippen LogP contribution in [0.2, 0.25) is 5.02 Å². The number of piperidine rings is 1. The third kappa shape index (κ3) is 3.42. The Bertz CT molecular complexity index is 641. The number of benzene rings is 1. The molecular formula is C15H23ClN2O2S. The normalized spacial score (nSPS) is 19.7. The Morgan fingerprint density at radius 2 is 2.05 bits per heavy atom. The molecule has 0 saturated carbocycles. The lowest BCUT2D eigenvalue weighted by molar-refractivity contribution is 0.187. The maximum Gasteiger partial charge on any atom is 0.243 e. The monoisotopic (exact) mass is 330 g/mol. The fourth-order valence-electron chi connectivity index (χ4n) is 2.90. The average Bonchev–Trinajstić information content (AvgIpc) is 2.39. The van der Waals surface area contributed by atoms with Gasteiger partial charge in [0.1, 0.15) is 0 Å². The van der Waals surface area contributed by atoms with Crippen molar-refractivity contribution in [3.8, 4) is 0 Å². The maximum atomic E-state index is 12.9. The van der Waals surface area contributed by atoms with Gasteiger partial charge < -0.3 is 5.73 Å². The van der Waals surface area contributed by atoms with E-state index in [4.69, 9.17) is 17.3 Å². The Labute approximate surface area is 132 Å². The van der Waals surface area contributed by atoms with Crippen LogP contribution in [0.5, 0.6) is 0 Å². The van der Waals surface area contributed by atoms with Crippen molar-refractivity contribution in [2.75, 3.05) is 13.1 Å². The second-order valence-corrected chi connectivity index (χ2v) is 8.84. The topological polar surface area (TPSA) is 63.4 Å². The van der Waals surface area contributed by atoms with Crippen molar-refractivity contribution in [1.82, 2.24) is 4.31 Å².